The summed E-state index contributed by atoms with van der Waals surface area (Å²) in [5.41, 5.74) is 0.859. The van der Waals surface area contributed by atoms with E-state index in [4.69, 9.17) is 5.26 Å². The first-order chi connectivity index (χ1) is 7.70. The van der Waals surface area contributed by atoms with Crippen molar-refractivity contribution in [2.75, 3.05) is 0 Å². The highest BCUT2D eigenvalue weighted by Crippen LogP contribution is 2.19. The minimum Gasteiger partial charge on any atom is -0.349 e. The number of aryl methyl sites for hydroxylation is 1. The summed E-state index contributed by atoms with van der Waals surface area (Å²) in [6.07, 6.45) is 5.19. The van der Waals surface area contributed by atoms with Crippen molar-refractivity contribution in [2.45, 2.75) is 18.9 Å². The normalized spacial score (nSPS) is 15.6. The van der Waals surface area contributed by atoms with Crippen molar-refractivity contribution in [2.24, 2.45) is 7.05 Å². The van der Waals surface area contributed by atoms with Gasteiger partial charge in [-0.25, -0.2) is 0 Å². The van der Waals surface area contributed by atoms with E-state index < -0.39 is 0 Å². The maximum Gasteiger partial charge on any atom is 0.262 e. The molecule has 0 atom stereocenters. The van der Waals surface area contributed by atoms with Gasteiger partial charge in [0, 0.05) is 19.3 Å². The van der Waals surface area contributed by atoms with Gasteiger partial charge in [-0.1, -0.05) is 0 Å². The van der Waals surface area contributed by atoms with Gasteiger partial charge in [-0.2, -0.15) is 10.4 Å². The summed E-state index contributed by atoms with van der Waals surface area (Å²) in [6, 6.07) is 3.92. The maximum atomic E-state index is 11.6. The number of nitrogens with one attached hydrogen (secondary N) is 1. The predicted molar refractivity (Wildman–Crippen MR) is 58.0 cm³/mol. The summed E-state index contributed by atoms with van der Waals surface area (Å²) in [5, 5.41) is 15.7. The Morgan fingerprint density at radius 2 is 2.50 bits per heavy atom. The third kappa shape index (κ3) is 2.28. The number of nitrogens with zero attached hydrogens (tertiary/aromatic N) is 3. The molecule has 1 fully saturated rings. The third-order valence-corrected chi connectivity index (χ3v) is 2.43. The van der Waals surface area contributed by atoms with Crippen LogP contribution in [0.1, 0.15) is 18.5 Å². The molecule has 0 unspecified atom stereocenters. The lowest BCUT2D eigenvalue weighted by molar-refractivity contribution is -0.117. The molecule has 0 aliphatic heterocycles. The van der Waals surface area contributed by atoms with Crippen molar-refractivity contribution in [3.05, 3.63) is 23.5 Å². The first kappa shape index (κ1) is 10.4. The molecule has 5 heteroatoms. The van der Waals surface area contributed by atoms with Crippen LogP contribution in [0.4, 0.5) is 0 Å². The van der Waals surface area contributed by atoms with Crippen LogP contribution in [0.25, 0.3) is 6.08 Å². The van der Waals surface area contributed by atoms with Crippen LogP contribution in [0.5, 0.6) is 0 Å². The van der Waals surface area contributed by atoms with E-state index >= 15 is 0 Å². The molecule has 16 heavy (non-hydrogen) atoms. The van der Waals surface area contributed by atoms with Crippen LogP contribution in [0.3, 0.4) is 0 Å². The largest absolute Gasteiger partial charge is 0.349 e. The Bertz CT molecular complexity index is 476. The van der Waals surface area contributed by atoms with Gasteiger partial charge in [0.1, 0.15) is 11.6 Å². The Morgan fingerprint density at radius 1 is 1.75 bits per heavy atom. The Kier molecular flexibility index (Phi) is 2.73. The molecule has 82 valence electrons. The zero-order chi connectivity index (χ0) is 11.5. The first-order valence-corrected chi connectivity index (χ1v) is 5.11. The molecule has 2 rings (SSSR count). The molecule has 1 heterocycles. The highest BCUT2D eigenvalue weighted by Gasteiger charge is 2.24. The SMILES string of the molecule is Cn1nccc1/C=C(\C#N)C(=O)NC1CC1. The van der Waals surface area contributed by atoms with E-state index in [9.17, 15) is 4.79 Å². The maximum absolute atomic E-state index is 11.6. The van der Waals surface area contributed by atoms with Gasteiger partial charge in [0.05, 0.1) is 5.69 Å². The Labute approximate surface area is 93.4 Å². The lowest BCUT2D eigenvalue weighted by atomic mass is 10.2. The van der Waals surface area contributed by atoms with Crippen molar-refractivity contribution in [3.63, 3.8) is 0 Å². The second-order valence-electron chi connectivity index (χ2n) is 3.80. The predicted octanol–water partition coefficient (Wildman–Crippen LogP) is 0.606. The van der Waals surface area contributed by atoms with E-state index in [1.807, 2.05) is 6.07 Å². The van der Waals surface area contributed by atoms with Crippen LogP contribution < -0.4 is 5.32 Å². The highest BCUT2D eigenvalue weighted by molar-refractivity contribution is 6.01. The summed E-state index contributed by atoms with van der Waals surface area (Å²) >= 11 is 0. The van der Waals surface area contributed by atoms with E-state index in [0.29, 0.717) is 0 Å². The summed E-state index contributed by atoms with van der Waals surface area (Å²) in [4.78, 5) is 11.6. The molecular formula is C11H12N4O. The topological polar surface area (TPSA) is 70.7 Å². The van der Waals surface area contributed by atoms with Crippen molar-refractivity contribution < 1.29 is 4.79 Å². The van der Waals surface area contributed by atoms with E-state index in [0.717, 1.165) is 18.5 Å². The summed E-state index contributed by atoms with van der Waals surface area (Å²) in [6.45, 7) is 0. The van der Waals surface area contributed by atoms with Crippen LogP contribution >= 0.6 is 0 Å². The van der Waals surface area contributed by atoms with E-state index in [1.165, 1.54) is 0 Å². The van der Waals surface area contributed by atoms with Gasteiger partial charge in [-0.15, -0.1) is 0 Å². The Hall–Kier alpha value is -2.09. The van der Waals surface area contributed by atoms with Gasteiger partial charge >= 0.3 is 0 Å². The molecule has 1 aromatic heterocycles. The first-order valence-electron chi connectivity index (χ1n) is 5.11. The van der Waals surface area contributed by atoms with Crippen molar-refractivity contribution in [1.82, 2.24) is 15.1 Å². The number of carbonyl (C=O) groups excluding carboxylic acids is 1. The van der Waals surface area contributed by atoms with Crippen molar-refractivity contribution in [3.8, 4) is 6.07 Å². The van der Waals surface area contributed by atoms with Gasteiger partial charge in [-0.3, -0.25) is 9.48 Å². The van der Waals surface area contributed by atoms with Crippen LogP contribution in [0.2, 0.25) is 0 Å². The second kappa shape index (κ2) is 4.19. The van der Waals surface area contributed by atoms with E-state index in [1.54, 1.807) is 30.1 Å². The average Bonchev–Trinajstić information content (AvgIpc) is 2.98. The molecule has 0 bridgehead atoms. The summed E-state index contributed by atoms with van der Waals surface area (Å²) < 4.78 is 1.61. The number of rotatable bonds is 3. The van der Waals surface area contributed by atoms with Crippen molar-refractivity contribution >= 4 is 12.0 Å². The van der Waals surface area contributed by atoms with Crippen molar-refractivity contribution in [1.29, 1.82) is 5.26 Å². The third-order valence-electron chi connectivity index (χ3n) is 2.43. The van der Waals surface area contributed by atoms with Gasteiger partial charge < -0.3 is 5.32 Å². The number of nitriles is 1. The zero-order valence-electron chi connectivity index (χ0n) is 8.97. The van der Waals surface area contributed by atoms with E-state index in [2.05, 4.69) is 10.4 Å². The molecule has 0 spiro atoms. The molecule has 0 saturated heterocycles. The summed E-state index contributed by atoms with van der Waals surface area (Å²) in [7, 11) is 1.76. The fourth-order valence-electron chi connectivity index (χ4n) is 1.31. The highest BCUT2D eigenvalue weighted by atomic mass is 16.1. The standard InChI is InChI=1S/C11H12N4O/c1-15-10(4-5-13-15)6-8(7-12)11(16)14-9-2-3-9/h4-6,9H,2-3H2,1H3,(H,14,16)/b8-6+. The smallest absolute Gasteiger partial charge is 0.262 e. The second-order valence-corrected chi connectivity index (χ2v) is 3.80. The molecular weight excluding hydrogens is 204 g/mol. The van der Waals surface area contributed by atoms with Gasteiger partial charge in [-0.05, 0) is 25.0 Å². The number of hydrogen-bond donors (Lipinski definition) is 1. The molecule has 1 aliphatic rings. The molecule has 1 aromatic rings. The fraction of sp³-hybridized carbons (Fsp3) is 0.364. The Balaban J connectivity index is 2.15. The molecule has 1 aliphatic carbocycles. The minimum atomic E-state index is -0.300. The quantitative estimate of drug-likeness (QED) is 0.594. The van der Waals surface area contributed by atoms with Crippen LogP contribution in [0, 0.1) is 11.3 Å². The lowest BCUT2D eigenvalue weighted by Gasteiger charge is -2.01. The number of hydrogen-bond acceptors (Lipinski definition) is 3. The molecule has 0 radical (unpaired) electrons. The number of amides is 1. The van der Waals surface area contributed by atoms with Gasteiger partial charge in [0.25, 0.3) is 5.91 Å². The number of aromatic nitrogens is 2. The molecule has 5 nitrogen and oxygen atoms in total. The zero-order valence-corrected chi connectivity index (χ0v) is 8.97. The average molecular weight is 216 g/mol. The fourth-order valence-corrected chi connectivity index (χ4v) is 1.31. The number of carbonyl (C=O) groups is 1. The molecule has 1 amide bonds. The minimum absolute atomic E-state index is 0.121. The van der Waals surface area contributed by atoms with E-state index in [-0.39, 0.29) is 17.5 Å². The summed E-state index contributed by atoms with van der Waals surface area (Å²) in [5.74, 6) is -0.300. The van der Waals surface area contributed by atoms with Gasteiger partial charge in [0.2, 0.25) is 0 Å². The van der Waals surface area contributed by atoms with Crippen LogP contribution in [-0.4, -0.2) is 21.7 Å². The van der Waals surface area contributed by atoms with Crippen LogP contribution in [0.15, 0.2) is 17.8 Å². The molecule has 0 aromatic carbocycles. The monoisotopic (exact) mass is 216 g/mol. The lowest BCUT2D eigenvalue weighted by Crippen LogP contribution is -2.26. The molecule has 1 N–H and O–H groups in total. The van der Waals surface area contributed by atoms with Crippen LogP contribution in [-0.2, 0) is 11.8 Å². The molecule has 1 saturated carbocycles. The Morgan fingerprint density at radius 3 is 3.00 bits per heavy atom. The van der Waals surface area contributed by atoms with Gasteiger partial charge in [0.15, 0.2) is 0 Å².